The molecule has 0 spiro atoms. The summed E-state index contributed by atoms with van der Waals surface area (Å²) in [5.74, 6) is 2.36. The Morgan fingerprint density at radius 1 is 0.700 bits per heavy atom. The molecule has 106 valence electrons. The Morgan fingerprint density at radius 2 is 1.20 bits per heavy atom. The van der Waals surface area contributed by atoms with Gasteiger partial charge in [0.2, 0.25) is 0 Å². The maximum Gasteiger partial charge on any atom is 0.0800 e. The lowest BCUT2D eigenvalue weighted by molar-refractivity contribution is 1.56. The van der Waals surface area contributed by atoms with Crippen LogP contribution in [0.4, 0.5) is 0 Å². The van der Waals surface area contributed by atoms with Gasteiger partial charge in [0.15, 0.2) is 0 Å². The van der Waals surface area contributed by atoms with Crippen LogP contribution in [0.3, 0.4) is 0 Å². The number of hydrogen-bond acceptors (Lipinski definition) is 4. The van der Waals surface area contributed by atoms with Crippen LogP contribution < -0.4 is 0 Å². The first-order valence-electron chi connectivity index (χ1n) is 5.47. The normalized spacial score (nSPS) is 23.0. The monoisotopic (exact) mass is 418 g/mol. The van der Waals surface area contributed by atoms with Crippen LogP contribution in [-0.4, -0.2) is 11.5 Å². The summed E-state index contributed by atoms with van der Waals surface area (Å²) in [5.41, 5.74) is 0.683. The van der Waals surface area contributed by atoms with Crippen LogP contribution in [0.2, 0.25) is 0 Å². The van der Waals surface area contributed by atoms with Gasteiger partial charge in [-0.15, -0.1) is 23.5 Å². The minimum absolute atomic E-state index is 0.318. The predicted octanol–water partition coefficient (Wildman–Crippen LogP) is 7.23. The summed E-state index contributed by atoms with van der Waals surface area (Å²) in [4.78, 5) is 0. The molecule has 2 heterocycles. The van der Waals surface area contributed by atoms with Crippen molar-refractivity contribution in [3.63, 3.8) is 0 Å². The highest BCUT2D eigenvalue weighted by molar-refractivity contribution is 8.41. The van der Waals surface area contributed by atoms with E-state index in [0.717, 1.165) is 0 Å². The molecule has 0 aromatic heterocycles. The summed E-state index contributed by atoms with van der Waals surface area (Å²) in [6, 6.07) is 0. The average Bonchev–Trinajstić information content (AvgIpc) is 2.94. The molecule has 0 saturated carbocycles. The second-order valence-corrected chi connectivity index (χ2v) is 10.4. The van der Waals surface area contributed by atoms with Gasteiger partial charge in [-0.1, -0.05) is 76.0 Å². The third-order valence-electron chi connectivity index (χ3n) is 2.54. The molecule has 0 bridgehead atoms. The molecule has 3 rings (SSSR count). The van der Waals surface area contributed by atoms with Crippen LogP contribution >= 0.6 is 93.5 Å². The number of rotatable bonds is 1. The molecule has 0 fully saturated rings. The minimum Gasteiger partial charge on any atom is -0.116 e. The quantitative estimate of drug-likeness (QED) is 0.439. The van der Waals surface area contributed by atoms with E-state index in [4.69, 9.17) is 46.4 Å². The topological polar surface area (TPSA) is 0 Å². The van der Waals surface area contributed by atoms with Crippen molar-refractivity contribution in [3.8, 4) is 0 Å². The van der Waals surface area contributed by atoms with Crippen LogP contribution in [0.5, 0.6) is 0 Å². The Hall–Kier alpha value is 1.26. The van der Waals surface area contributed by atoms with Gasteiger partial charge in [0.25, 0.3) is 0 Å². The lowest BCUT2D eigenvalue weighted by Gasteiger charge is -2.08. The third kappa shape index (κ3) is 3.13. The molecule has 0 atom stereocenters. The zero-order chi connectivity index (χ0) is 14.3. The van der Waals surface area contributed by atoms with E-state index in [9.17, 15) is 0 Å². The summed E-state index contributed by atoms with van der Waals surface area (Å²) in [5, 5.41) is 1.46. The lowest BCUT2D eigenvalue weighted by atomic mass is 10.2. The van der Waals surface area contributed by atoms with Gasteiger partial charge in [0.05, 0.1) is 32.8 Å². The lowest BCUT2D eigenvalue weighted by Crippen LogP contribution is -1.88. The van der Waals surface area contributed by atoms with Crippen LogP contribution in [0.1, 0.15) is 0 Å². The fraction of sp³-hybridized carbons (Fsp3) is 0.167. The first kappa shape index (κ1) is 16.1. The van der Waals surface area contributed by atoms with Gasteiger partial charge in [-0.2, -0.15) is 0 Å². The molecule has 1 aliphatic carbocycles. The van der Waals surface area contributed by atoms with Gasteiger partial charge in [-0.3, -0.25) is 0 Å². The molecule has 2 aliphatic heterocycles. The fourth-order valence-electron chi connectivity index (χ4n) is 1.62. The van der Waals surface area contributed by atoms with Gasteiger partial charge < -0.3 is 0 Å². The molecule has 0 aromatic carbocycles. The summed E-state index contributed by atoms with van der Waals surface area (Å²) >= 11 is 31.7. The number of allylic oxidation sites excluding steroid dienone is 7. The second kappa shape index (κ2) is 6.79. The van der Waals surface area contributed by atoms with Crippen molar-refractivity contribution in [1.82, 2.24) is 0 Å². The highest BCUT2D eigenvalue weighted by Gasteiger charge is 2.26. The van der Waals surface area contributed by atoms with E-state index in [-0.39, 0.29) is 0 Å². The van der Waals surface area contributed by atoms with E-state index in [1.807, 2.05) is 35.7 Å². The average molecular weight is 420 g/mol. The largest absolute Gasteiger partial charge is 0.116 e. The van der Waals surface area contributed by atoms with E-state index in [2.05, 4.69) is 0 Å². The summed E-state index contributed by atoms with van der Waals surface area (Å²) in [7, 11) is 0. The molecular weight excluding hydrogens is 414 g/mol. The maximum atomic E-state index is 6.13. The van der Waals surface area contributed by atoms with Crippen molar-refractivity contribution >= 4 is 93.5 Å². The molecule has 8 heteroatoms. The van der Waals surface area contributed by atoms with Crippen molar-refractivity contribution in [2.45, 2.75) is 0 Å². The molecule has 0 unspecified atom stereocenters. The Morgan fingerprint density at radius 3 is 1.70 bits per heavy atom. The van der Waals surface area contributed by atoms with Crippen molar-refractivity contribution < 1.29 is 0 Å². The first-order valence-corrected chi connectivity index (χ1v) is 10.6. The highest BCUT2D eigenvalue weighted by Crippen LogP contribution is 2.59. The van der Waals surface area contributed by atoms with Crippen LogP contribution in [-0.2, 0) is 0 Å². The molecule has 0 amide bonds. The molecule has 0 radical (unpaired) electrons. The van der Waals surface area contributed by atoms with Crippen LogP contribution in [0.15, 0.2) is 50.6 Å². The summed E-state index contributed by atoms with van der Waals surface area (Å²) in [6.45, 7) is 0. The zero-order valence-corrected chi connectivity index (χ0v) is 16.0. The summed E-state index contributed by atoms with van der Waals surface area (Å²) < 4.78 is 4.03. The second-order valence-electron chi connectivity index (χ2n) is 3.80. The zero-order valence-electron chi connectivity index (χ0n) is 9.71. The molecule has 20 heavy (non-hydrogen) atoms. The Bertz CT molecular complexity index is 581. The van der Waals surface area contributed by atoms with Gasteiger partial charge >= 0.3 is 0 Å². The van der Waals surface area contributed by atoms with Crippen molar-refractivity contribution in [3.05, 3.63) is 50.6 Å². The van der Waals surface area contributed by atoms with E-state index < -0.39 is 0 Å². The van der Waals surface area contributed by atoms with E-state index in [1.165, 1.54) is 24.2 Å². The van der Waals surface area contributed by atoms with Crippen molar-refractivity contribution in [2.24, 2.45) is 0 Å². The SMILES string of the molecule is ClC1=C(Cl)C(Cl)=C(Cl)C1=CC=C1SC2=C(SCCS2)S1. The Kier molecular flexibility index (Phi) is 5.48. The predicted molar refractivity (Wildman–Crippen MR) is 101 cm³/mol. The minimum atomic E-state index is 0.318. The Labute approximate surface area is 154 Å². The van der Waals surface area contributed by atoms with Crippen LogP contribution in [0, 0.1) is 0 Å². The molecule has 0 saturated heterocycles. The fourth-order valence-corrected chi connectivity index (χ4v) is 8.44. The third-order valence-corrected chi connectivity index (χ3v) is 10.1. The number of halogens is 4. The smallest absolute Gasteiger partial charge is 0.0800 e. The standard InChI is InChI=1S/C12H6Cl4S4/c13-7-5(8(14)10(16)9(7)15)1-2-6-19-11-12(20-6)18-4-3-17-11/h1-2H,3-4H2. The van der Waals surface area contributed by atoms with Crippen molar-refractivity contribution in [1.29, 1.82) is 0 Å². The molecule has 0 aromatic rings. The van der Waals surface area contributed by atoms with Gasteiger partial charge in [-0.05, 0) is 6.08 Å². The Balaban J connectivity index is 1.81. The van der Waals surface area contributed by atoms with Crippen molar-refractivity contribution in [2.75, 3.05) is 11.5 Å². The van der Waals surface area contributed by atoms with E-state index in [1.54, 1.807) is 23.5 Å². The highest BCUT2D eigenvalue weighted by atomic mass is 35.5. The summed E-state index contributed by atoms with van der Waals surface area (Å²) in [6.07, 6.45) is 3.90. The van der Waals surface area contributed by atoms with E-state index in [0.29, 0.717) is 25.7 Å². The van der Waals surface area contributed by atoms with Gasteiger partial charge in [0.1, 0.15) is 0 Å². The number of hydrogen-bond donors (Lipinski definition) is 0. The van der Waals surface area contributed by atoms with Gasteiger partial charge in [0, 0.05) is 17.1 Å². The molecular formula is C12H6Cl4S4. The molecule has 0 N–H and O–H groups in total. The maximum absolute atomic E-state index is 6.13. The van der Waals surface area contributed by atoms with Crippen LogP contribution in [0.25, 0.3) is 0 Å². The molecule has 3 aliphatic rings. The first-order chi connectivity index (χ1) is 9.58. The van der Waals surface area contributed by atoms with E-state index >= 15 is 0 Å². The number of thioether (sulfide) groups is 4. The molecule has 0 nitrogen and oxygen atoms in total. The van der Waals surface area contributed by atoms with Gasteiger partial charge in [-0.25, -0.2) is 0 Å².